The predicted molar refractivity (Wildman–Crippen MR) is 288 cm³/mol. The van der Waals surface area contributed by atoms with Gasteiger partial charge in [0.15, 0.2) is 0 Å². The Morgan fingerprint density at radius 3 is 1.81 bits per heavy atom. The second-order valence-corrected chi connectivity index (χ2v) is 21.8. The molecule has 0 aromatic heterocycles. The van der Waals surface area contributed by atoms with Gasteiger partial charge in [-0.1, -0.05) is 104 Å². The van der Waals surface area contributed by atoms with Crippen LogP contribution < -0.4 is 15.4 Å². The first kappa shape index (κ1) is 56.7. The number of nitrogens with one attached hydrogen (secondary N) is 2. The highest BCUT2D eigenvalue weighted by Crippen LogP contribution is 2.36. The Morgan fingerprint density at radius 1 is 0.632 bits per heavy atom. The van der Waals surface area contributed by atoms with Gasteiger partial charge in [-0.3, -0.25) is 0 Å². The molecule has 0 radical (unpaired) electrons. The molecule has 0 fully saturated rings. The monoisotopic (exact) mass is 973 g/mol. The summed E-state index contributed by atoms with van der Waals surface area (Å²) in [4.78, 5) is 4.45. The molecular formula is C59H84Cl2F2N4O. The first-order chi connectivity index (χ1) is 32.3. The molecule has 5 nitrogen and oxygen atoms in total. The van der Waals surface area contributed by atoms with Crippen molar-refractivity contribution in [2.24, 2.45) is 29.6 Å². The van der Waals surface area contributed by atoms with E-state index in [1.165, 1.54) is 28.3 Å². The van der Waals surface area contributed by atoms with Gasteiger partial charge in [0.2, 0.25) is 0 Å². The van der Waals surface area contributed by atoms with Crippen molar-refractivity contribution in [1.82, 2.24) is 20.4 Å². The lowest BCUT2D eigenvalue weighted by molar-refractivity contribution is 0.284. The van der Waals surface area contributed by atoms with E-state index in [1.54, 1.807) is 0 Å². The highest BCUT2D eigenvalue weighted by molar-refractivity contribution is 6.31. The van der Waals surface area contributed by atoms with Crippen LogP contribution in [0, 0.1) is 62.0 Å². The average molecular weight is 974 g/mol. The van der Waals surface area contributed by atoms with Gasteiger partial charge >= 0.3 is 0 Å². The van der Waals surface area contributed by atoms with Crippen molar-refractivity contribution in [2.75, 3.05) is 32.8 Å². The van der Waals surface area contributed by atoms with Crippen LogP contribution >= 0.6 is 23.2 Å². The molecule has 0 saturated carbocycles. The van der Waals surface area contributed by atoms with Crippen LogP contribution in [-0.4, -0.2) is 42.6 Å². The minimum absolute atomic E-state index is 0.256. The van der Waals surface area contributed by atoms with E-state index in [0.717, 1.165) is 116 Å². The van der Waals surface area contributed by atoms with Crippen LogP contribution in [0.1, 0.15) is 131 Å². The summed E-state index contributed by atoms with van der Waals surface area (Å²) < 4.78 is 37.9. The SMILES string of the molecule is C=CN(Cc1cc(C)c(CCCC(CCCOc2cc(CN(C=C)CC(C)C)cc(Cl)c2C)Cc2cc(C)c(CNCC(C)C)cc2-c2cc(F)cc(F)c2CNCC(C)C)c(Cl)c1)CC(C)C. The largest absolute Gasteiger partial charge is 0.493 e. The van der Waals surface area contributed by atoms with Gasteiger partial charge in [0.05, 0.1) is 6.61 Å². The van der Waals surface area contributed by atoms with E-state index in [-0.39, 0.29) is 5.92 Å². The molecule has 0 spiro atoms. The van der Waals surface area contributed by atoms with Crippen molar-refractivity contribution < 1.29 is 13.5 Å². The number of halogens is 4. The van der Waals surface area contributed by atoms with Crippen LogP contribution in [0.25, 0.3) is 11.1 Å². The normalized spacial score (nSPS) is 12.2. The molecule has 4 aromatic carbocycles. The summed E-state index contributed by atoms with van der Waals surface area (Å²) in [6.07, 6.45) is 9.03. The first-order valence-corrected chi connectivity index (χ1v) is 26.0. The zero-order chi connectivity index (χ0) is 50.1. The third-order valence-electron chi connectivity index (χ3n) is 12.6. The second-order valence-electron chi connectivity index (χ2n) is 20.9. The number of aryl methyl sites for hydroxylation is 2. The summed E-state index contributed by atoms with van der Waals surface area (Å²) in [7, 11) is 0. The van der Waals surface area contributed by atoms with E-state index in [0.29, 0.717) is 66.1 Å². The summed E-state index contributed by atoms with van der Waals surface area (Å²) in [6.45, 7) is 38.3. The van der Waals surface area contributed by atoms with Gasteiger partial charge in [-0.2, -0.15) is 0 Å². The molecule has 0 heterocycles. The second kappa shape index (κ2) is 28.1. The fourth-order valence-corrected chi connectivity index (χ4v) is 9.84. The molecule has 4 aromatic rings. The molecule has 0 bridgehead atoms. The molecule has 1 unspecified atom stereocenters. The average Bonchev–Trinajstić information content (AvgIpc) is 3.25. The van der Waals surface area contributed by atoms with E-state index < -0.39 is 11.6 Å². The van der Waals surface area contributed by atoms with E-state index >= 15 is 8.78 Å². The lowest BCUT2D eigenvalue weighted by Gasteiger charge is -2.24. The van der Waals surface area contributed by atoms with Gasteiger partial charge in [-0.05, 0) is 195 Å². The predicted octanol–water partition coefficient (Wildman–Crippen LogP) is 15.6. The van der Waals surface area contributed by atoms with Crippen LogP contribution in [0.5, 0.6) is 5.75 Å². The zero-order valence-electron chi connectivity index (χ0n) is 43.5. The number of ether oxygens (including phenoxy) is 1. The molecule has 2 N–H and O–H groups in total. The van der Waals surface area contributed by atoms with Crippen molar-refractivity contribution in [1.29, 1.82) is 0 Å². The maximum Gasteiger partial charge on any atom is 0.131 e. The van der Waals surface area contributed by atoms with Gasteiger partial charge < -0.3 is 25.2 Å². The van der Waals surface area contributed by atoms with Crippen LogP contribution in [0.3, 0.4) is 0 Å². The maximum absolute atomic E-state index is 16.0. The standard InChI is InChI=1S/C59H84Cl2F2N4O/c1-14-66(35-41(7)8)37-47-22-44(12)52(57(61)26-47)20-16-18-46(19-17-21-68-59-27-48(25-56(60)45(59)13)38-67(15-2)36-42(9)10)24-49-23-43(11)50(33-64-31-39(3)4)28-53(49)54-29-51(62)30-58(63)55(54)34-65-32-40(5)6/h14-15,22-23,25-30,39-42,46,64-65H,1-2,16-21,24,31-38H2,3-13H3. The van der Waals surface area contributed by atoms with Crippen molar-refractivity contribution >= 4 is 23.2 Å². The van der Waals surface area contributed by atoms with Crippen molar-refractivity contribution in [3.05, 3.63) is 146 Å². The quantitative estimate of drug-likeness (QED) is 0.0510. The molecule has 68 heavy (non-hydrogen) atoms. The number of hydrogen-bond donors (Lipinski definition) is 2. The van der Waals surface area contributed by atoms with Gasteiger partial charge in [0.25, 0.3) is 0 Å². The Balaban J connectivity index is 1.69. The van der Waals surface area contributed by atoms with E-state index in [4.69, 9.17) is 27.9 Å². The van der Waals surface area contributed by atoms with E-state index in [1.807, 2.05) is 25.4 Å². The number of hydrogen-bond acceptors (Lipinski definition) is 5. The Bertz CT molecular complexity index is 2210. The number of rotatable bonds is 30. The summed E-state index contributed by atoms with van der Waals surface area (Å²) >= 11 is 13.9. The molecule has 0 aliphatic rings. The van der Waals surface area contributed by atoms with Gasteiger partial charge in [0, 0.05) is 66.5 Å². The fraction of sp³-hybridized carbons (Fsp3) is 0.525. The van der Waals surface area contributed by atoms with Crippen LogP contribution in [0.2, 0.25) is 10.0 Å². The highest BCUT2D eigenvalue weighted by Gasteiger charge is 2.22. The molecule has 1 atom stereocenters. The Kier molecular flexibility index (Phi) is 23.4. The first-order valence-electron chi connectivity index (χ1n) is 25.2. The molecule has 0 aliphatic heterocycles. The third kappa shape index (κ3) is 18.1. The molecule has 374 valence electrons. The molecule has 0 amide bonds. The lowest BCUT2D eigenvalue weighted by Crippen LogP contribution is -2.21. The van der Waals surface area contributed by atoms with Crippen molar-refractivity contribution in [3.8, 4) is 16.9 Å². The Labute approximate surface area is 421 Å². The molecule has 0 saturated heterocycles. The summed E-state index contributed by atoms with van der Waals surface area (Å²) in [5, 5.41) is 8.55. The van der Waals surface area contributed by atoms with Gasteiger partial charge in [-0.25, -0.2) is 8.78 Å². The molecule has 4 rings (SSSR count). The minimum Gasteiger partial charge on any atom is -0.493 e. The molecular weight excluding hydrogens is 890 g/mol. The minimum atomic E-state index is -0.572. The summed E-state index contributed by atoms with van der Waals surface area (Å²) in [5.74, 6) is 1.87. The molecule has 0 aliphatic carbocycles. The van der Waals surface area contributed by atoms with E-state index in [9.17, 15) is 0 Å². The summed E-state index contributed by atoms with van der Waals surface area (Å²) in [5.41, 5.74) is 11.0. The molecule has 9 heteroatoms. The number of nitrogens with zero attached hydrogens (tertiary/aromatic N) is 2. The topological polar surface area (TPSA) is 39.8 Å². The van der Waals surface area contributed by atoms with Crippen LogP contribution in [0.15, 0.2) is 74.1 Å². The maximum atomic E-state index is 16.0. The van der Waals surface area contributed by atoms with Gasteiger partial charge in [-0.15, -0.1) is 0 Å². The Hall–Kier alpha value is -3.88. The number of benzene rings is 4. The van der Waals surface area contributed by atoms with Crippen molar-refractivity contribution in [2.45, 2.75) is 141 Å². The Morgan fingerprint density at radius 2 is 1.22 bits per heavy atom. The lowest BCUT2D eigenvalue weighted by atomic mass is 9.83. The smallest absolute Gasteiger partial charge is 0.131 e. The highest BCUT2D eigenvalue weighted by atomic mass is 35.5. The van der Waals surface area contributed by atoms with Crippen LogP contribution in [-0.2, 0) is 39.0 Å². The van der Waals surface area contributed by atoms with Crippen LogP contribution in [0.4, 0.5) is 8.78 Å². The third-order valence-corrected chi connectivity index (χ3v) is 13.3. The summed E-state index contributed by atoms with van der Waals surface area (Å²) in [6, 6.07) is 15.5. The van der Waals surface area contributed by atoms with E-state index in [2.05, 4.69) is 133 Å². The van der Waals surface area contributed by atoms with Gasteiger partial charge in [0.1, 0.15) is 17.4 Å². The van der Waals surface area contributed by atoms with Crippen molar-refractivity contribution in [3.63, 3.8) is 0 Å². The zero-order valence-corrected chi connectivity index (χ0v) is 45.0. The fourth-order valence-electron chi connectivity index (χ4n) is 9.22.